The summed E-state index contributed by atoms with van der Waals surface area (Å²) in [6.45, 7) is 2.58. The zero-order valence-electron chi connectivity index (χ0n) is 14.5. The molecule has 142 valence electrons. The minimum absolute atomic E-state index is 0.0524. The molecular formula is C17H22F2N4O3. The van der Waals surface area contributed by atoms with Gasteiger partial charge in [0.2, 0.25) is 5.91 Å². The number of nitrogens with zero attached hydrogens (tertiary/aromatic N) is 2. The molecule has 1 aromatic rings. The largest absolute Gasteiger partial charge is 0.442 e. The SMILES string of the molecule is CC(=O)NCC1CN(c2cc(F)c(N3CCC(N)CC3)c(F)c2)C(=O)O1. The average molecular weight is 368 g/mol. The summed E-state index contributed by atoms with van der Waals surface area (Å²) in [6.07, 6.45) is 0.0741. The molecule has 26 heavy (non-hydrogen) atoms. The number of amides is 2. The van der Waals surface area contributed by atoms with Crippen LogP contribution in [0.5, 0.6) is 0 Å². The van der Waals surface area contributed by atoms with E-state index in [1.54, 1.807) is 4.90 Å². The minimum atomic E-state index is -0.728. The first-order valence-corrected chi connectivity index (χ1v) is 8.57. The molecule has 1 unspecified atom stereocenters. The molecule has 7 nitrogen and oxygen atoms in total. The lowest BCUT2D eigenvalue weighted by molar-refractivity contribution is -0.119. The quantitative estimate of drug-likeness (QED) is 0.838. The van der Waals surface area contributed by atoms with E-state index in [0.29, 0.717) is 25.9 Å². The van der Waals surface area contributed by atoms with Gasteiger partial charge in [-0.2, -0.15) is 0 Å². The van der Waals surface area contributed by atoms with Crippen LogP contribution >= 0.6 is 0 Å². The molecule has 2 heterocycles. The van der Waals surface area contributed by atoms with Crippen molar-refractivity contribution in [2.24, 2.45) is 5.73 Å². The van der Waals surface area contributed by atoms with Gasteiger partial charge >= 0.3 is 6.09 Å². The van der Waals surface area contributed by atoms with E-state index in [0.717, 1.165) is 17.0 Å². The van der Waals surface area contributed by atoms with E-state index >= 15 is 0 Å². The van der Waals surface area contributed by atoms with Gasteiger partial charge in [-0.15, -0.1) is 0 Å². The van der Waals surface area contributed by atoms with Crippen molar-refractivity contribution < 1.29 is 23.1 Å². The second kappa shape index (κ2) is 7.45. The second-order valence-electron chi connectivity index (χ2n) is 6.64. The van der Waals surface area contributed by atoms with Crippen LogP contribution in [0.1, 0.15) is 19.8 Å². The molecule has 2 saturated heterocycles. The van der Waals surface area contributed by atoms with Gasteiger partial charge in [-0.3, -0.25) is 9.69 Å². The van der Waals surface area contributed by atoms with Crippen LogP contribution in [0.4, 0.5) is 25.0 Å². The first-order valence-electron chi connectivity index (χ1n) is 8.57. The van der Waals surface area contributed by atoms with Gasteiger partial charge in [-0.1, -0.05) is 0 Å². The number of nitrogens with one attached hydrogen (secondary N) is 1. The first kappa shape index (κ1) is 18.4. The highest BCUT2D eigenvalue weighted by Gasteiger charge is 2.34. The molecule has 2 aliphatic rings. The van der Waals surface area contributed by atoms with E-state index < -0.39 is 23.8 Å². The van der Waals surface area contributed by atoms with Crippen LogP contribution in [-0.4, -0.2) is 50.3 Å². The number of hydrogen-bond acceptors (Lipinski definition) is 5. The molecular weight excluding hydrogens is 346 g/mol. The van der Waals surface area contributed by atoms with Gasteiger partial charge in [0.15, 0.2) is 11.6 Å². The summed E-state index contributed by atoms with van der Waals surface area (Å²) in [5.41, 5.74) is 5.83. The lowest BCUT2D eigenvalue weighted by Gasteiger charge is -2.32. The Labute approximate surface area is 150 Å². The maximum Gasteiger partial charge on any atom is 0.414 e. The van der Waals surface area contributed by atoms with Crippen molar-refractivity contribution >= 4 is 23.4 Å². The van der Waals surface area contributed by atoms with Crippen LogP contribution < -0.4 is 20.9 Å². The Kier molecular flexibility index (Phi) is 5.26. The molecule has 0 saturated carbocycles. The van der Waals surface area contributed by atoms with Crippen LogP contribution in [0, 0.1) is 11.6 Å². The number of carbonyl (C=O) groups is 2. The smallest absolute Gasteiger partial charge is 0.414 e. The Morgan fingerprint density at radius 3 is 2.50 bits per heavy atom. The standard InChI is InChI=1S/C17H22F2N4O3/c1-10(24)21-8-13-9-23(17(25)26-13)12-6-14(18)16(15(19)7-12)22-4-2-11(20)3-5-22/h6-7,11,13H,2-5,8-9,20H2,1H3,(H,21,24). The number of benzene rings is 1. The van der Waals surface area contributed by atoms with Gasteiger partial charge in [0.25, 0.3) is 0 Å². The van der Waals surface area contributed by atoms with Gasteiger partial charge in [0, 0.05) is 38.2 Å². The predicted octanol–water partition coefficient (Wildman–Crippen LogP) is 1.35. The number of cyclic esters (lactones) is 1. The van der Waals surface area contributed by atoms with E-state index in [4.69, 9.17) is 10.5 Å². The van der Waals surface area contributed by atoms with Gasteiger partial charge < -0.3 is 20.7 Å². The number of anilines is 2. The molecule has 1 atom stereocenters. The van der Waals surface area contributed by atoms with Crippen LogP contribution in [0.25, 0.3) is 0 Å². The van der Waals surface area contributed by atoms with E-state index in [-0.39, 0.29) is 36.4 Å². The molecule has 1 aromatic carbocycles. The Bertz CT molecular complexity index is 684. The number of rotatable bonds is 4. The molecule has 2 fully saturated rings. The Morgan fingerprint density at radius 2 is 1.92 bits per heavy atom. The van der Waals surface area contributed by atoms with Gasteiger partial charge in [0.05, 0.1) is 18.8 Å². The Balaban J connectivity index is 1.75. The second-order valence-corrected chi connectivity index (χ2v) is 6.64. The van der Waals surface area contributed by atoms with Crippen molar-refractivity contribution in [2.45, 2.75) is 31.9 Å². The average Bonchev–Trinajstić information content (AvgIpc) is 2.95. The number of carbonyl (C=O) groups excluding carboxylic acids is 2. The normalized spacial score (nSPS) is 21.1. The number of hydrogen-bond donors (Lipinski definition) is 2. The number of piperidine rings is 1. The summed E-state index contributed by atoms with van der Waals surface area (Å²) in [7, 11) is 0. The Hall–Kier alpha value is -2.42. The van der Waals surface area contributed by atoms with Crippen molar-refractivity contribution in [2.75, 3.05) is 36.0 Å². The summed E-state index contributed by atoms with van der Waals surface area (Å²) < 4.78 is 34.3. The van der Waals surface area contributed by atoms with Crippen LogP contribution in [0.3, 0.4) is 0 Å². The zero-order chi connectivity index (χ0) is 18.8. The summed E-state index contributed by atoms with van der Waals surface area (Å²) >= 11 is 0. The number of halogens is 2. The molecule has 2 amide bonds. The lowest BCUT2D eigenvalue weighted by Crippen LogP contribution is -2.40. The van der Waals surface area contributed by atoms with Gasteiger partial charge in [-0.25, -0.2) is 13.6 Å². The van der Waals surface area contributed by atoms with E-state index in [1.807, 2.05) is 0 Å². The highest BCUT2D eigenvalue weighted by molar-refractivity contribution is 5.90. The molecule has 0 aliphatic carbocycles. The fourth-order valence-corrected chi connectivity index (χ4v) is 3.23. The van der Waals surface area contributed by atoms with Crippen LogP contribution in [0.2, 0.25) is 0 Å². The van der Waals surface area contributed by atoms with Crippen molar-refractivity contribution in [3.8, 4) is 0 Å². The summed E-state index contributed by atoms with van der Waals surface area (Å²) in [6, 6.07) is 2.32. The topological polar surface area (TPSA) is 87.9 Å². The lowest BCUT2D eigenvalue weighted by atomic mass is 10.0. The maximum absolute atomic E-state index is 14.6. The Morgan fingerprint density at radius 1 is 1.31 bits per heavy atom. The van der Waals surface area contributed by atoms with Crippen molar-refractivity contribution in [3.05, 3.63) is 23.8 Å². The third kappa shape index (κ3) is 3.87. The summed E-state index contributed by atoms with van der Waals surface area (Å²) in [5.74, 6) is -1.70. The highest BCUT2D eigenvalue weighted by atomic mass is 19.1. The van der Waals surface area contributed by atoms with E-state index in [1.165, 1.54) is 6.92 Å². The highest BCUT2D eigenvalue weighted by Crippen LogP contribution is 2.32. The van der Waals surface area contributed by atoms with Crippen molar-refractivity contribution in [1.82, 2.24) is 5.32 Å². The molecule has 0 radical (unpaired) electrons. The molecule has 2 aliphatic heterocycles. The van der Waals surface area contributed by atoms with Crippen LogP contribution in [-0.2, 0) is 9.53 Å². The molecule has 3 rings (SSSR count). The third-order valence-electron chi connectivity index (χ3n) is 4.62. The molecule has 0 bridgehead atoms. The maximum atomic E-state index is 14.6. The van der Waals surface area contributed by atoms with Crippen molar-refractivity contribution in [3.63, 3.8) is 0 Å². The fourth-order valence-electron chi connectivity index (χ4n) is 3.23. The molecule has 0 aromatic heterocycles. The molecule has 9 heteroatoms. The fraction of sp³-hybridized carbons (Fsp3) is 0.529. The third-order valence-corrected chi connectivity index (χ3v) is 4.62. The zero-order valence-corrected chi connectivity index (χ0v) is 14.5. The van der Waals surface area contributed by atoms with Gasteiger partial charge in [-0.05, 0) is 12.8 Å². The molecule has 0 spiro atoms. The van der Waals surface area contributed by atoms with E-state index in [9.17, 15) is 18.4 Å². The van der Waals surface area contributed by atoms with Gasteiger partial charge in [0.1, 0.15) is 11.8 Å². The minimum Gasteiger partial charge on any atom is -0.442 e. The summed E-state index contributed by atoms with van der Waals surface area (Å²) in [4.78, 5) is 25.8. The molecule has 3 N–H and O–H groups in total. The number of ether oxygens (including phenoxy) is 1. The first-order chi connectivity index (χ1) is 12.3. The van der Waals surface area contributed by atoms with Crippen LogP contribution in [0.15, 0.2) is 12.1 Å². The monoisotopic (exact) mass is 368 g/mol. The predicted molar refractivity (Wildman–Crippen MR) is 92.1 cm³/mol. The summed E-state index contributed by atoms with van der Waals surface area (Å²) in [5, 5.41) is 2.55. The van der Waals surface area contributed by atoms with E-state index in [2.05, 4.69) is 5.32 Å². The number of nitrogens with two attached hydrogens (primary N) is 1. The van der Waals surface area contributed by atoms with Crippen molar-refractivity contribution in [1.29, 1.82) is 0 Å².